The van der Waals surface area contributed by atoms with E-state index in [9.17, 15) is 22.4 Å². The summed E-state index contributed by atoms with van der Waals surface area (Å²) in [7, 11) is 0. The predicted molar refractivity (Wildman–Crippen MR) is 140 cm³/mol. The second kappa shape index (κ2) is 11.1. The van der Waals surface area contributed by atoms with Crippen LogP contribution in [-0.2, 0) is 19.5 Å². The van der Waals surface area contributed by atoms with Gasteiger partial charge in [-0.1, -0.05) is 35.9 Å². The summed E-state index contributed by atoms with van der Waals surface area (Å²) in [6, 6.07) is 13.7. The van der Waals surface area contributed by atoms with Gasteiger partial charge < -0.3 is 10.1 Å². The summed E-state index contributed by atoms with van der Waals surface area (Å²) < 4.78 is 57.7. The zero-order valence-corrected chi connectivity index (χ0v) is 21.3. The fourth-order valence-corrected chi connectivity index (χ4v) is 4.83. The molecule has 6 nitrogen and oxygen atoms in total. The van der Waals surface area contributed by atoms with Crippen molar-refractivity contribution in [3.63, 3.8) is 0 Å². The van der Waals surface area contributed by atoms with Crippen LogP contribution in [0.4, 0.5) is 22.4 Å². The van der Waals surface area contributed by atoms with Crippen LogP contribution in [0.5, 0.6) is 5.75 Å². The van der Waals surface area contributed by atoms with E-state index >= 15 is 0 Å². The molecule has 1 N–H and O–H groups in total. The minimum absolute atomic E-state index is 0.0209. The number of ether oxygens (including phenoxy) is 1. The number of carbonyl (C=O) groups excluding carboxylic acids is 1. The lowest BCUT2D eigenvalue weighted by Gasteiger charge is -2.27. The number of carbonyl (C=O) groups is 1. The molecule has 39 heavy (non-hydrogen) atoms. The van der Waals surface area contributed by atoms with Crippen molar-refractivity contribution >= 4 is 34.6 Å². The summed E-state index contributed by atoms with van der Waals surface area (Å²) in [5.74, 6) is -1.09. The van der Waals surface area contributed by atoms with Crippen molar-refractivity contribution in [2.24, 2.45) is 0 Å². The van der Waals surface area contributed by atoms with Gasteiger partial charge >= 0.3 is 12.4 Å². The van der Waals surface area contributed by atoms with Crippen molar-refractivity contribution in [2.45, 2.75) is 25.9 Å². The Balaban J connectivity index is 1.42. The third kappa shape index (κ3) is 6.40. The zero-order chi connectivity index (χ0) is 27.6. The molecular formula is C28H23ClF4N4O2. The quantitative estimate of drug-likeness (QED) is 0.215. The Morgan fingerprint density at radius 3 is 2.67 bits per heavy atom. The lowest BCUT2D eigenvalue weighted by molar-refractivity contribution is -0.274. The lowest BCUT2D eigenvalue weighted by atomic mass is 10.0. The predicted octanol–water partition coefficient (Wildman–Crippen LogP) is 6.56. The van der Waals surface area contributed by atoms with Crippen LogP contribution in [0.3, 0.4) is 0 Å². The number of benzene rings is 2. The molecule has 0 fully saturated rings. The van der Waals surface area contributed by atoms with E-state index in [0.29, 0.717) is 53.2 Å². The van der Waals surface area contributed by atoms with Gasteiger partial charge in [-0.25, -0.2) is 9.78 Å². The average Bonchev–Trinajstić information content (AvgIpc) is 3.20. The normalized spacial score (nSPS) is 14.1. The van der Waals surface area contributed by atoms with Gasteiger partial charge in [-0.2, -0.15) is 4.39 Å². The van der Waals surface area contributed by atoms with Crippen LogP contribution in [0.15, 0.2) is 66.9 Å². The molecule has 2 aromatic carbocycles. The molecule has 0 unspecified atom stereocenters. The molecule has 0 saturated heterocycles. The maximum Gasteiger partial charge on any atom is 0.573 e. The first-order valence-electron chi connectivity index (χ1n) is 12.1. The zero-order valence-electron chi connectivity index (χ0n) is 20.5. The van der Waals surface area contributed by atoms with Crippen LogP contribution >= 0.6 is 11.6 Å². The maximum atomic E-state index is 13.5. The van der Waals surface area contributed by atoms with E-state index < -0.39 is 24.1 Å². The second-order valence-corrected chi connectivity index (χ2v) is 9.51. The summed E-state index contributed by atoms with van der Waals surface area (Å²) in [5, 5.41) is 4.06. The Labute approximate surface area is 226 Å². The van der Waals surface area contributed by atoms with Gasteiger partial charge in [0.1, 0.15) is 5.75 Å². The monoisotopic (exact) mass is 558 g/mol. The molecule has 0 atom stereocenters. The SMILES string of the molecule is O=C(NCc1ccnc(F)c1)n1c2c(c3ccc(OC(F)(F)F)cc31)CN(CC=Cc1ccc(Cl)cc1)CC2. The second-order valence-electron chi connectivity index (χ2n) is 9.07. The number of alkyl halides is 3. The number of fused-ring (bicyclic) bond motifs is 3. The summed E-state index contributed by atoms with van der Waals surface area (Å²) in [4.78, 5) is 19.0. The number of pyridine rings is 1. The van der Waals surface area contributed by atoms with Crippen molar-refractivity contribution in [1.82, 2.24) is 19.8 Å². The minimum Gasteiger partial charge on any atom is -0.406 e. The number of aromatic nitrogens is 2. The summed E-state index contributed by atoms with van der Waals surface area (Å²) in [6.45, 7) is 1.81. The first-order chi connectivity index (χ1) is 18.7. The topological polar surface area (TPSA) is 59.4 Å². The summed E-state index contributed by atoms with van der Waals surface area (Å²) >= 11 is 5.94. The van der Waals surface area contributed by atoms with Crippen LogP contribution in [0.1, 0.15) is 22.4 Å². The van der Waals surface area contributed by atoms with E-state index in [1.54, 1.807) is 12.1 Å². The number of hydrogen-bond acceptors (Lipinski definition) is 4. The molecule has 3 heterocycles. The Morgan fingerprint density at radius 2 is 1.92 bits per heavy atom. The highest BCUT2D eigenvalue weighted by Gasteiger charge is 2.32. The van der Waals surface area contributed by atoms with Gasteiger partial charge in [0.25, 0.3) is 0 Å². The summed E-state index contributed by atoms with van der Waals surface area (Å²) in [6.07, 6.45) is 0.951. The lowest BCUT2D eigenvalue weighted by Crippen LogP contribution is -2.34. The van der Waals surface area contributed by atoms with Crippen LogP contribution in [-0.4, -0.2) is 39.9 Å². The van der Waals surface area contributed by atoms with E-state index in [2.05, 4.69) is 19.9 Å². The Bertz CT molecular complexity index is 1530. The van der Waals surface area contributed by atoms with Crippen LogP contribution in [0.2, 0.25) is 5.02 Å². The smallest absolute Gasteiger partial charge is 0.406 e. The van der Waals surface area contributed by atoms with Gasteiger partial charge in [0.05, 0.1) is 5.52 Å². The van der Waals surface area contributed by atoms with Crippen LogP contribution in [0.25, 0.3) is 17.0 Å². The molecule has 4 aromatic rings. The number of nitrogens with zero attached hydrogens (tertiary/aromatic N) is 3. The third-order valence-electron chi connectivity index (χ3n) is 6.42. The van der Waals surface area contributed by atoms with E-state index in [1.165, 1.54) is 29.0 Å². The summed E-state index contributed by atoms with van der Waals surface area (Å²) in [5.41, 5.74) is 3.39. The third-order valence-corrected chi connectivity index (χ3v) is 6.67. The number of rotatable bonds is 6. The van der Waals surface area contributed by atoms with Gasteiger partial charge in [-0.3, -0.25) is 9.47 Å². The van der Waals surface area contributed by atoms with E-state index in [1.807, 2.05) is 36.4 Å². The molecule has 11 heteroatoms. The number of nitrogens with one attached hydrogen (secondary N) is 1. The fraction of sp³-hybridized carbons (Fsp3) is 0.214. The van der Waals surface area contributed by atoms with Gasteiger partial charge in [-0.15, -0.1) is 13.2 Å². The van der Waals surface area contributed by atoms with Gasteiger partial charge in [0.2, 0.25) is 5.95 Å². The Hall–Kier alpha value is -3.89. The standard InChI is InChI=1S/C28H23ClF4N4O2/c29-20-5-3-18(4-6-20)2-1-12-36-13-10-24-23(17-36)22-8-7-21(39-28(31,32)33)15-25(22)37(24)27(38)35-16-19-9-11-34-26(30)14-19/h1-9,11,14-15H,10,12-13,16-17H2,(H,35,38). The van der Waals surface area contributed by atoms with Crippen LogP contribution in [0, 0.1) is 5.95 Å². The molecule has 1 aliphatic heterocycles. The largest absolute Gasteiger partial charge is 0.573 e. The highest BCUT2D eigenvalue weighted by Crippen LogP contribution is 2.34. The molecule has 0 bridgehead atoms. The highest BCUT2D eigenvalue weighted by molar-refractivity contribution is 6.30. The average molecular weight is 559 g/mol. The van der Waals surface area contributed by atoms with Gasteiger partial charge in [0, 0.05) is 61.0 Å². The Morgan fingerprint density at radius 1 is 1.13 bits per heavy atom. The molecule has 0 radical (unpaired) electrons. The van der Waals surface area contributed by atoms with Crippen molar-refractivity contribution in [3.8, 4) is 5.75 Å². The highest BCUT2D eigenvalue weighted by atomic mass is 35.5. The molecule has 1 aliphatic rings. The number of halogens is 5. The first-order valence-corrected chi connectivity index (χ1v) is 12.5. The molecule has 2 aromatic heterocycles. The molecule has 5 rings (SSSR count). The van der Waals surface area contributed by atoms with Crippen molar-refractivity contribution in [1.29, 1.82) is 0 Å². The molecule has 0 aliphatic carbocycles. The molecule has 1 amide bonds. The first kappa shape index (κ1) is 26.7. The van der Waals surface area contributed by atoms with Crippen molar-refractivity contribution in [3.05, 3.63) is 100 Å². The molecule has 0 saturated carbocycles. The molecule has 202 valence electrons. The molecular weight excluding hydrogens is 536 g/mol. The van der Waals surface area contributed by atoms with Crippen molar-refractivity contribution in [2.75, 3.05) is 13.1 Å². The maximum absolute atomic E-state index is 13.5. The van der Waals surface area contributed by atoms with E-state index in [-0.39, 0.29) is 6.54 Å². The number of hydrogen-bond donors (Lipinski definition) is 1. The van der Waals surface area contributed by atoms with Crippen molar-refractivity contribution < 1.29 is 27.1 Å². The molecule has 0 spiro atoms. The fourth-order valence-electron chi connectivity index (χ4n) is 4.70. The van der Waals surface area contributed by atoms with Crippen LogP contribution < -0.4 is 10.1 Å². The van der Waals surface area contributed by atoms with E-state index in [0.717, 1.165) is 11.1 Å². The van der Waals surface area contributed by atoms with Gasteiger partial charge in [-0.05, 0) is 53.1 Å². The van der Waals surface area contributed by atoms with E-state index in [4.69, 9.17) is 11.6 Å². The Kier molecular flexibility index (Phi) is 7.58. The number of amides is 1. The van der Waals surface area contributed by atoms with Gasteiger partial charge in [0.15, 0.2) is 0 Å². The minimum atomic E-state index is -4.87.